The molecule has 29 heavy (non-hydrogen) atoms. The lowest BCUT2D eigenvalue weighted by molar-refractivity contribution is -0.116. The second-order valence-electron chi connectivity index (χ2n) is 7.29. The first-order chi connectivity index (χ1) is 14.3. The average Bonchev–Trinajstić information content (AvgIpc) is 3.00. The number of aryl methyl sites for hydroxylation is 1. The Morgan fingerprint density at radius 3 is 2.66 bits per heavy atom. The molecule has 0 atom stereocenters. The Bertz CT molecular complexity index is 935. The molecule has 1 amide bonds. The first kappa shape index (κ1) is 19.2. The number of carbonyl (C=O) groups is 1. The molecule has 1 N–H and O–H groups in total. The van der Waals surface area contributed by atoms with E-state index in [1.165, 1.54) is 19.3 Å². The van der Waals surface area contributed by atoms with Crippen molar-refractivity contribution < 1.29 is 9.53 Å². The van der Waals surface area contributed by atoms with Crippen LogP contribution in [0.3, 0.4) is 0 Å². The fraction of sp³-hybridized carbons (Fsp3) is 0.348. The number of para-hydroxylation sites is 1. The number of rotatable bonds is 7. The topological polar surface area (TPSA) is 69.0 Å². The number of anilines is 1. The zero-order valence-corrected chi connectivity index (χ0v) is 16.5. The van der Waals surface area contributed by atoms with Gasteiger partial charge in [0.25, 0.3) is 0 Å². The summed E-state index contributed by atoms with van der Waals surface area (Å²) in [5.41, 5.74) is 1.82. The Labute approximate surface area is 170 Å². The number of fused-ring (bicyclic) bond motifs is 1. The van der Waals surface area contributed by atoms with Gasteiger partial charge in [0.15, 0.2) is 5.82 Å². The minimum atomic E-state index is -0.00856. The summed E-state index contributed by atoms with van der Waals surface area (Å²) < 4.78 is 7.85. The molecule has 0 unspecified atom stereocenters. The third kappa shape index (κ3) is 5.02. The quantitative estimate of drug-likeness (QED) is 0.605. The first-order valence-electron chi connectivity index (χ1n) is 10.3. The lowest BCUT2D eigenvalue weighted by atomic mass is 10.2. The smallest absolute Gasteiger partial charge is 0.224 e. The van der Waals surface area contributed by atoms with Crippen molar-refractivity contribution in [3.63, 3.8) is 0 Å². The van der Waals surface area contributed by atoms with Crippen LogP contribution in [-0.2, 0) is 17.8 Å². The van der Waals surface area contributed by atoms with E-state index in [9.17, 15) is 4.79 Å². The van der Waals surface area contributed by atoms with E-state index < -0.39 is 0 Å². The molecule has 150 valence electrons. The first-order valence-corrected chi connectivity index (χ1v) is 10.3. The molecule has 6 heteroatoms. The molecule has 2 heterocycles. The maximum Gasteiger partial charge on any atom is 0.224 e. The van der Waals surface area contributed by atoms with E-state index in [1.54, 1.807) is 0 Å². The second-order valence-corrected chi connectivity index (χ2v) is 7.29. The van der Waals surface area contributed by atoms with Crippen LogP contribution >= 0.6 is 0 Å². The lowest BCUT2D eigenvalue weighted by Gasteiger charge is -2.09. The molecule has 0 saturated carbocycles. The van der Waals surface area contributed by atoms with Crippen LogP contribution in [0.1, 0.15) is 37.9 Å². The summed E-state index contributed by atoms with van der Waals surface area (Å²) in [7, 11) is 0. The van der Waals surface area contributed by atoms with Crippen LogP contribution in [0, 0.1) is 0 Å². The largest absolute Gasteiger partial charge is 0.494 e. The fourth-order valence-electron chi connectivity index (χ4n) is 3.56. The molecule has 1 aromatic heterocycles. The van der Waals surface area contributed by atoms with Gasteiger partial charge in [0.2, 0.25) is 5.91 Å². The molecule has 0 saturated heterocycles. The van der Waals surface area contributed by atoms with Crippen molar-refractivity contribution in [3.8, 4) is 17.1 Å². The number of hydrogen-bond donors (Lipinski definition) is 1. The zero-order valence-electron chi connectivity index (χ0n) is 16.5. The van der Waals surface area contributed by atoms with Crippen LogP contribution in [0.5, 0.6) is 5.75 Å². The van der Waals surface area contributed by atoms with Gasteiger partial charge in [-0.05, 0) is 55.7 Å². The number of carbonyl (C=O) groups excluding carboxylic acids is 1. The Kier molecular flexibility index (Phi) is 6.19. The standard InChI is InChI=1S/C23H26N4O2/c28-22(11-7-17-29-20-8-3-1-4-9-20)24-19-14-12-18(13-15-19)23-26-25-21-10-5-2-6-16-27(21)23/h1,3-4,8-9,12-15H,2,5-7,10-11,16-17H2,(H,24,28). The molecule has 1 aliphatic rings. The Balaban J connectivity index is 1.28. The van der Waals surface area contributed by atoms with Gasteiger partial charge in [-0.1, -0.05) is 24.6 Å². The highest BCUT2D eigenvalue weighted by molar-refractivity contribution is 5.90. The van der Waals surface area contributed by atoms with E-state index in [2.05, 4.69) is 20.1 Å². The van der Waals surface area contributed by atoms with Crippen LogP contribution in [0.15, 0.2) is 54.6 Å². The number of aromatic nitrogens is 3. The summed E-state index contributed by atoms with van der Waals surface area (Å²) in [6.45, 7) is 1.50. The van der Waals surface area contributed by atoms with Crippen LogP contribution in [0.4, 0.5) is 5.69 Å². The minimum Gasteiger partial charge on any atom is -0.494 e. The van der Waals surface area contributed by atoms with Crippen molar-refractivity contribution in [2.75, 3.05) is 11.9 Å². The number of nitrogens with one attached hydrogen (secondary N) is 1. The average molecular weight is 390 g/mol. The molecule has 6 nitrogen and oxygen atoms in total. The van der Waals surface area contributed by atoms with E-state index in [0.29, 0.717) is 19.4 Å². The van der Waals surface area contributed by atoms with Gasteiger partial charge in [0.05, 0.1) is 6.61 Å². The van der Waals surface area contributed by atoms with Crippen molar-refractivity contribution in [2.45, 2.75) is 45.1 Å². The lowest BCUT2D eigenvalue weighted by Crippen LogP contribution is -2.12. The second kappa shape index (κ2) is 9.37. The highest BCUT2D eigenvalue weighted by Crippen LogP contribution is 2.24. The predicted octanol–water partition coefficient (Wildman–Crippen LogP) is 4.47. The Morgan fingerprint density at radius 2 is 1.83 bits per heavy atom. The molecule has 3 aromatic rings. The SMILES string of the molecule is O=C(CCCOc1ccccc1)Nc1ccc(-c2nnc3n2CCCCC3)cc1. The molecule has 0 aliphatic carbocycles. The summed E-state index contributed by atoms with van der Waals surface area (Å²) >= 11 is 0. The molecule has 0 spiro atoms. The molecule has 0 radical (unpaired) electrons. The molecule has 1 aliphatic heterocycles. The maximum absolute atomic E-state index is 12.2. The van der Waals surface area contributed by atoms with Gasteiger partial charge in [-0.2, -0.15) is 0 Å². The molecular formula is C23H26N4O2. The maximum atomic E-state index is 12.2. The number of amides is 1. The van der Waals surface area contributed by atoms with Gasteiger partial charge in [-0.3, -0.25) is 4.79 Å². The van der Waals surface area contributed by atoms with E-state index in [1.807, 2.05) is 54.6 Å². The Hall–Kier alpha value is -3.15. The monoisotopic (exact) mass is 390 g/mol. The van der Waals surface area contributed by atoms with E-state index >= 15 is 0 Å². The third-order valence-corrected chi connectivity index (χ3v) is 5.10. The van der Waals surface area contributed by atoms with E-state index in [0.717, 1.165) is 41.6 Å². The van der Waals surface area contributed by atoms with Crippen molar-refractivity contribution in [2.24, 2.45) is 0 Å². The number of ether oxygens (including phenoxy) is 1. The van der Waals surface area contributed by atoms with Gasteiger partial charge in [-0.15, -0.1) is 10.2 Å². The molecular weight excluding hydrogens is 364 g/mol. The van der Waals surface area contributed by atoms with Gasteiger partial charge in [0.1, 0.15) is 11.6 Å². The Morgan fingerprint density at radius 1 is 1.00 bits per heavy atom. The van der Waals surface area contributed by atoms with Crippen molar-refractivity contribution >= 4 is 11.6 Å². The van der Waals surface area contributed by atoms with E-state index in [-0.39, 0.29) is 5.91 Å². The van der Waals surface area contributed by atoms with Crippen LogP contribution in [0.25, 0.3) is 11.4 Å². The van der Waals surface area contributed by atoms with Crippen molar-refractivity contribution in [1.82, 2.24) is 14.8 Å². The van der Waals surface area contributed by atoms with Crippen molar-refractivity contribution in [3.05, 3.63) is 60.4 Å². The zero-order chi connectivity index (χ0) is 19.9. The summed E-state index contributed by atoms with van der Waals surface area (Å²) in [5, 5.41) is 11.7. The summed E-state index contributed by atoms with van der Waals surface area (Å²) in [4.78, 5) is 12.2. The highest BCUT2D eigenvalue weighted by atomic mass is 16.5. The molecule has 4 rings (SSSR count). The molecule has 0 fully saturated rings. The number of benzene rings is 2. The normalized spacial score (nSPS) is 13.4. The highest BCUT2D eigenvalue weighted by Gasteiger charge is 2.16. The summed E-state index contributed by atoms with van der Waals surface area (Å²) in [5.74, 6) is 2.81. The summed E-state index contributed by atoms with van der Waals surface area (Å²) in [6.07, 6.45) is 5.68. The third-order valence-electron chi connectivity index (χ3n) is 5.10. The fourth-order valence-corrected chi connectivity index (χ4v) is 3.56. The minimum absolute atomic E-state index is 0.00856. The van der Waals surface area contributed by atoms with Gasteiger partial charge in [-0.25, -0.2) is 0 Å². The summed E-state index contributed by atoms with van der Waals surface area (Å²) in [6, 6.07) is 17.5. The number of hydrogen-bond acceptors (Lipinski definition) is 4. The van der Waals surface area contributed by atoms with Crippen LogP contribution in [-0.4, -0.2) is 27.3 Å². The van der Waals surface area contributed by atoms with E-state index in [4.69, 9.17) is 4.74 Å². The van der Waals surface area contributed by atoms with Crippen molar-refractivity contribution in [1.29, 1.82) is 0 Å². The van der Waals surface area contributed by atoms with Crippen LogP contribution < -0.4 is 10.1 Å². The molecule has 2 aromatic carbocycles. The van der Waals surface area contributed by atoms with Gasteiger partial charge < -0.3 is 14.6 Å². The van der Waals surface area contributed by atoms with Gasteiger partial charge in [0, 0.05) is 30.6 Å². The molecule has 0 bridgehead atoms. The van der Waals surface area contributed by atoms with Gasteiger partial charge >= 0.3 is 0 Å². The predicted molar refractivity (Wildman–Crippen MR) is 113 cm³/mol. The van der Waals surface area contributed by atoms with Crippen LogP contribution in [0.2, 0.25) is 0 Å². The number of nitrogens with zero attached hydrogens (tertiary/aromatic N) is 3.